The standard InChI is InChI=1S/C17H12ClF5N4O2S/c1-26-5-8(4-24-26)10-2-9(6-27(16(10)29)7-13(19)20)25-15(28)12-3-11(18)14(30-12)17(21,22)23/h2-6,13H,7H2,1H3,(H,25,28). The maximum absolute atomic E-state index is 12.9. The first kappa shape index (κ1) is 22.0. The van der Waals surface area contributed by atoms with Crippen LogP contribution in [0.2, 0.25) is 5.02 Å². The minimum Gasteiger partial charge on any atom is -0.320 e. The van der Waals surface area contributed by atoms with Crippen LogP contribution in [-0.4, -0.2) is 26.7 Å². The summed E-state index contributed by atoms with van der Waals surface area (Å²) in [6.07, 6.45) is -3.77. The van der Waals surface area contributed by atoms with Crippen molar-refractivity contribution in [2.24, 2.45) is 7.05 Å². The smallest absolute Gasteiger partial charge is 0.320 e. The van der Waals surface area contributed by atoms with Crippen LogP contribution in [0.25, 0.3) is 11.1 Å². The Balaban J connectivity index is 1.99. The summed E-state index contributed by atoms with van der Waals surface area (Å²) in [6.45, 7) is -0.932. The van der Waals surface area contributed by atoms with E-state index in [-0.39, 0.29) is 27.5 Å². The third kappa shape index (κ3) is 4.70. The molecular weight excluding hydrogens is 455 g/mol. The van der Waals surface area contributed by atoms with Gasteiger partial charge >= 0.3 is 6.18 Å². The number of alkyl halides is 5. The first-order chi connectivity index (χ1) is 14.0. The van der Waals surface area contributed by atoms with Crippen molar-refractivity contribution in [3.8, 4) is 11.1 Å². The Morgan fingerprint density at radius 3 is 2.53 bits per heavy atom. The summed E-state index contributed by atoms with van der Waals surface area (Å²) in [5, 5.41) is 5.61. The van der Waals surface area contributed by atoms with Gasteiger partial charge in [-0.2, -0.15) is 18.3 Å². The van der Waals surface area contributed by atoms with Crippen LogP contribution in [0.4, 0.5) is 27.6 Å². The molecule has 3 aromatic heterocycles. The number of amides is 1. The normalized spacial score (nSPS) is 11.9. The number of aromatic nitrogens is 3. The lowest BCUT2D eigenvalue weighted by Gasteiger charge is -2.11. The molecule has 0 spiro atoms. The summed E-state index contributed by atoms with van der Waals surface area (Å²) in [4.78, 5) is 23.5. The van der Waals surface area contributed by atoms with Crippen LogP contribution in [-0.2, 0) is 19.8 Å². The summed E-state index contributed by atoms with van der Waals surface area (Å²) >= 11 is 5.70. The van der Waals surface area contributed by atoms with Crippen molar-refractivity contribution in [1.29, 1.82) is 0 Å². The summed E-state index contributed by atoms with van der Waals surface area (Å²) in [5.41, 5.74) is -0.487. The molecule has 3 aromatic rings. The molecule has 30 heavy (non-hydrogen) atoms. The van der Waals surface area contributed by atoms with Crippen molar-refractivity contribution < 1.29 is 26.7 Å². The topological polar surface area (TPSA) is 68.9 Å². The third-order valence-corrected chi connectivity index (χ3v) is 5.45. The van der Waals surface area contributed by atoms with Gasteiger partial charge in [-0.25, -0.2) is 8.78 Å². The van der Waals surface area contributed by atoms with E-state index < -0.39 is 40.5 Å². The third-order valence-electron chi connectivity index (χ3n) is 3.86. The summed E-state index contributed by atoms with van der Waals surface area (Å²) in [5.74, 6) is -0.934. The Labute approximate surface area is 174 Å². The Bertz CT molecular complexity index is 1150. The van der Waals surface area contributed by atoms with Crippen LogP contribution in [0.15, 0.2) is 35.5 Å². The highest BCUT2D eigenvalue weighted by atomic mass is 35.5. The Hall–Kier alpha value is -2.73. The number of hydrogen-bond acceptors (Lipinski definition) is 4. The van der Waals surface area contributed by atoms with Crippen LogP contribution >= 0.6 is 22.9 Å². The minimum absolute atomic E-state index is 0.0123. The molecule has 0 aliphatic carbocycles. The second kappa shape index (κ2) is 8.19. The van der Waals surface area contributed by atoms with Gasteiger partial charge in [0.25, 0.3) is 17.9 Å². The zero-order valence-electron chi connectivity index (χ0n) is 15.0. The second-order valence-corrected chi connectivity index (χ2v) is 7.59. The van der Waals surface area contributed by atoms with Crippen molar-refractivity contribution in [3.63, 3.8) is 0 Å². The zero-order chi connectivity index (χ0) is 22.2. The monoisotopic (exact) mass is 466 g/mol. The van der Waals surface area contributed by atoms with Crippen LogP contribution < -0.4 is 10.9 Å². The van der Waals surface area contributed by atoms with Crippen molar-refractivity contribution >= 4 is 34.5 Å². The number of carbonyl (C=O) groups is 1. The maximum Gasteiger partial charge on any atom is 0.427 e. The maximum atomic E-state index is 12.9. The van der Waals surface area contributed by atoms with Gasteiger partial charge < -0.3 is 9.88 Å². The molecule has 0 bridgehead atoms. The number of rotatable bonds is 5. The molecule has 0 aliphatic rings. The number of nitrogens with zero attached hydrogens (tertiary/aromatic N) is 3. The summed E-state index contributed by atoms with van der Waals surface area (Å²) in [7, 11) is 1.59. The van der Waals surface area contributed by atoms with Gasteiger partial charge in [-0.15, -0.1) is 11.3 Å². The van der Waals surface area contributed by atoms with Gasteiger partial charge in [0, 0.05) is 25.0 Å². The largest absolute Gasteiger partial charge is 0.427 e. The molecule has 13 heteroatoms. The van der Waals surface area contributed by atoms with Crippen molar-refractivity contribution in [1.82, 2.24) is 14.3 Å². The van der Waals surface area contributed by atoms with Crippen molar-refractivity contribution in [2.75, 3.05) is 5.32 Å². The Kier molecular flexibility index (Phi) is 5.99. The molecule has 0 unspecified atom stereocenters. The van der Waals surface area contributed by atoms with E-state index in [0.29, 0.717) is 10.1 Å². The van der Waals surface area contributed by atoms with Gasteiger partial charge in [-0.05, 0) is 12.1 Å². The lowest BCUT2D eigenvalue weighted by molar-refractivity contribution is -0.134. The predicted octanol–water partition coefficient (Wildman–Crippen LogP) is 4.50. The highest BCUT2D eigenvalue weighted by Crippen LogP contribution is 2.40. The lowest BCUT2D eigenvalue weighted by atomic mass is 10.1. The van der Waals surface area contributed by atoms with E-state index in [2.05, 4.69) is 10.4 Å². The van der Waals surface area contributed by atoms with Gasteiger partial charge in [0.2, 0.25) is 0 Å². The SMILES string of the molecule is Cn1cc(-c2cc(NC(=O)c3cc(Cl)c(C(F)(F)F)s3)cn(CC(F)F)c2=O)cn1. The average Bonchev–Trinajstić information content (AvgIpc) is 3.22. The van der Waals surface area contributed by atoms with Crippen molar-refractivity contribution in [2.45, 2.75) is 19.1 Å². The molecular formula is C17H12ClF5N4O2S. The fourth-order valence-electron chi connectivity index (χ4n) is 2.62. The summed E-state index contributed by atoms with van der Waals surface area (Å²) in [6, 6.07) is 2.10. The quantitative estimate of drug-likeness (QED) is 0.563. The van der Waals surface area contributed by atoms with Gasteiger partial charge in [0.1, 0.15) is 4.88 Å². The minimum atomic E-state index is -4.72. The number of nitrogens with one attached hydrogen (secondary N) is 1. The van der Waals surface area contributed by atoms with Crippen molar-refractivity contribution in [3.05, 3.63) is 55.9 Å². The highest BCUT2D eigenvalue weighted by Gasteiger charge is 2.36. The van der Waals surface area contributed by atoms with E-state index >= 15 is 0 Å². The second-order valence-electron chi connectivity index (χ2n) is 6.13. The van der Waals surface area contributed by atoms with E-state index in [1.54, 1.807) is 7.05 Å². The van der Waals surface area contributed by atoms with E-state index in [4.69, 9.17) is 11.6 Å². The molecule has 1 N–H and O–H groups in total. The van der Waals surface area contributed by atoms with Gasteiger partial charge in [-0.3, -0.25) is 14.3 Å². The molecule has 0 aromatic carbocycles. The molecule has 0 atom stereocenters. The molecule has 0 fully saturated rings. The van der Waals surface area contributed by atoms with Crippen LogP contribution in [0.5, 0.6) is 0 Å². The fourth-order valence-corrected chi connectivity index (χ4v) is 3.83. The lowest BCUT2D eigenvalue weighted by Crippen LogP contribution is -2.25. The van der Waals surface area contributed by atoms with E-state index in [0.717, 1.165) is 12.3 Å². The first-order valence-corrected chi connectivity index (χ1v) is 9.34. The number of aryl methyl sites for hydroxylation is 1. The first-order valence-electron chi connectivity index (χ1n) is 8.15. The van der Waals surface area contributed by atoms with Gasteiger partial charge in [0.15, 0.2) is 0 Å². The Morgan fingerprint density at radius 2 is 2.00 bits per heavy atom. The zero-order valence-corrected chi connectivity index (χ0v) is 16.6. The molecule has 3 rings (SSSR count). The molecule has 0 aliphatic heterocycles. The number of pyridine rings is 1. The molecule has 6 nitrogen and oxygen atoms in total. The van der Waals surface area contributed by atoms with Crippen LogP contribution in [0, 0.1) is 0 Å². The molecule has 3 heterocycles. The Morgan fingerprint density at radius 1 is 1.30 bits per heavy atom. The molecule has 1 amide bonds. The molecule has 160 valence electrons. The molecule has 0 saturated carbocycles. The van der Waals surface area contributed by atoms with Gasteiger partial charge in [-0.1, -0.05) is 11.6 Å². The summed E-state index contributed by atoms with van der Waals surface area (Å²) < 4.78 is 66.5. The highest BCUT2D eigenvalue weighted by molar-refractivity contribution is 7.14. The molecule has 0 radical (unpaired) electrons. The number of hydrogen-bond donors (Lipinski definition) is 1. The molecule has 0 saturated heterocycles. The predicted molar refractivity (Wildman–Crippen MR) is 101 cm³/mol. The average molecular weight is 467 g/mol. The van der Waals surface area contributed by atoms with E-state index in [1.807, 2.05) is 0 Å². The number of halogens is 6. The number of thiophene rings is 1. The van der Waals surface area contributed by atoms with E-state index in [1.165, 1.54) is 23.1 Å². The number of carbonyl (C=O) groups excluding carboxylic acids is 1. The number of anilines is 1. The van der Waals surface area contributed by atoms with Gasteiger partial charge in [0.05, 0.1) is 33.9 Å². The van der Waals surface area contributed by atoms with Crippen LogP contribution in [0.1, 0.15) is 14.5 Å². The van der Waals surface area contributed by atoms with E-state index in [9.17, 15) is 31.5 Å². The van der Waals surface area contributed by atoms with Crippen LogP contribution in [0.3, 0.4) is 0 Å². The fraction of sp³-hybridized carbons (Fsp3) is 0.235.